The number of rotatable bonds is 3. The number of phenols is 1. The maximum absolute atomic E-state index is 12.2. The van der Waals surface area contributed by atoms with Gasteiger partial charge in [-0.15, -0.1) is 0 Å². The largest absolute Gasteiger partial charge is 0.508 e. The number of nitro groups is 1. The molecule has 0 saturated carbocycles. The Morgan fingerprint density at radius 1 is 1.35 bits per heavy atom. The molecule has 1 heterocycles. The number of carbonyl (C=O) groups excluding carboxylic acids is 1. The van der Waals surface area contributed by atoms with Gasteiger partial charge < -0.3 is 10.4 Å². The maximum Gasteiger partial charge on any atom is 0.276 e. The molecule has 2 N–H and O–H groups in total. The summed E-state index contributed by atoms with van der Waals surface area (Å²) in [5, 5.41) is 24.2. The van der Waals surface area contributed by atoms with Crippen molar-refractivity contribution in [3.63, 3.8) is 0 Å². The molecule has 7 nitrogen and oxygen atoms in total. The Bertz CT molecular complexity index is 988. The van der Waals surface area contributed by atoms with Gasteiger partial charge >= 0.3 is 0 Å². The minimum absolute atomic E-state index is 0.130. The van der Waals surface area contributed by atoms with E-state index >= 15 is 0 Å². The summed E-state index contributed by atoms with van der Waals surface area (Å²) in [4.78, 5) is 27.3. The first-order valence-corrected chi connectivity index (χ1v) is 8.56. The van der Waals surface area contributed by atoms with Crippen LogP contribution in [-0.2, 0) is 4.79 Å². The van der Waals surface area contributed by atoms with Crippen LogP contribution in [0.25, 0.3) is 6.08 Å². The molecule has 1 saturated heterocycles. The SMILES string of the molecule is Cc1c(Cl)cccc1N=C1NC(=O)/C(=C\c2cc(O)ccc2[N+](=O)[O-])S1. The van der Waals surface area contributed by atoms with Gasteiger partial charge in [-0.1, -0.05) is 17.7 Å². The Hall–Kier alpha value is -2.84. The molecular formula is C17H12ClN3O4S. The average molecular weight is 390 g/mol. The standard InChI is InChI=1S/C17H12ClN3O4S/c1-9-12(18)3-2-4-13(9)19-17-20-16(23)15(26-17)8-10-7-11(22)5-6-14(10)21(24)25/h2-8,22H,1H3,(H,19,20,23)/b15-8+. The van der Waals surface area contributed by atoms with Gasteiger partial charge in [0, 0.05) is 11.1 Å². The molecule has 1 amide bonds. The zero-order valence-electron chi connectivity index (χ0n) is 13.4. The summed E-state index contributed by atoms with van der Waals surface area (Å²) in [5.41, 5.74) is 1.31. The van der Waals surface area contributed by atoms with E-state index < -0.39 is 10.8 Å². The molecular weight excluding hydrogens is 378 g/mol. The van der Waals surface area contributed by atoms with Crippen LogP contribution in [0.2, 0.25) is 5.02 Å². The number of nitrogens with zero attached hydrogens (tertiary/aromatic N) is 2. The molecule has 1 aliphatic heterocycles. The Kier molecular flexibility index (Phi) is 4.97. The van der Waals surface area contributed by atoms with Crippen LogP contribution in [0.15, 0.2) is 46.3 Å². The van der Waals surface area contributed by atoms with E-state index in [9.17, 15) is 20.0 Å². The van der Waals surface area contributed by atoms with Gasteiger partial charge in [-0.25, -0.2) is 4.99 Å². The first-order valence-electron chi connectivity index (χ1n) is 7.37. The molecule has 132 valence electrons. The summed E-state index contributed by atoms with van der Waals surface area (Å²) < 4.78 is 0. The number of halogens is 1. The molecule has 26 heavy (non-hydrogen) atoms. The summed E-state index contributed by atoms with van der Waals surface area (Å²) in [6.45, 7) is 1.82. The number of nitrogens with one attached hydrogen (secondary N) is 1. The third-order valence-electron chi connectivity index (χ3n) is 3.61. The molecule has 0 aliphatic carbocycles. The summed E-state index contributed by atoms with van der Waals surface area (Å²) >= 11 is 7.12. The fourth-order valence-corrected chi connectivity index (χ4v) is 3.27. The number of aliphatic imine (C=N–C) groups is 1. The van der Waals surface area contributed by atoms with Crippen LogP contribution in [0, 0.1) is 17.0 Å². The quantitative estimate of drug-likeness (QED) is 0.466. The minimum Gasteiger partial charge on any atom is -0.508 e. The van der Waals surface area contributed by atoms with Crippen molar-refractivity contribution >= 4 is 51.9 Å². The van der Waals surface area contributed by atoms with E-state index in [-0.39, 0.29) is 21.9 Å². The number of aromatic hydroxyl groups is 1. The van der Waals surface area contributed by atoms with Gasteiger partial charge in [0.05, 0.1) is 21.1 Å². The third kappa shape index (κ3) is 3.71. The van der Waals surface area contributed by atoms with Crippen LogP contribution in [0.4, 0.5) is 11.4 Å². The summed E-state index contributed by atoms with van der Waals surface area (Å²) in [7, 11) is 0. The van der Waals surface area contributed by atoms with Crippen LogP contribution in [0.5, 0.6) is 5.75 Å². The first-order chi connectivity index (χ1) is 12.3. The van der Waals surface area contributed by atoms with Crippen LogP contribution < -0.4 is 5.32 Å². The molecule has 9 heteroatoms. The van der Waals surface area contributed by atoms with E-state index in [0.29, 0.717) is 15.9 Å². The zero-order valence-corrected chi connectivity index (χ0v) is 15.0. The Morgan fingerprint density at radius 3 is 2.85 bits per heavy atom. The Labute approximate surface area is 157 Å². The van der Waals surface area contributed by atoms with Crippen LogP contribution in [-0.4, -0.2) is 21.1 Å². The van der Waals surface area contributed by atoms with Crippen LogP contribution in [0.1, 0.15) is 11.1 Å². The van der Waals surface area contributed by atoms with Crippen molar-refractivity contribution in [2.45, 2.75) is 6.92 Å². The second-order valence-electron chi connectivity index (χ2n) is 5.37. The molecule has 0 radical (unpaired) electrons. The highest BCUT2D eigenvalue weighted by Gasteiger charge is 2.25. The van der Waals surface area contributed by atoms with Gasteiger partial charge in [0.15, 0.2) is 5.17 Å². The summed E-state index contributed by atoms with van der Waals surface area (Å²) in [6, 6.07) is 8.90. The molecule has 0 spiro atoms. The van der Waals surface area contributed by atoms with Crippen LogP contribution in [0.3, 0.4) is 0 Å². The highest BCUT2D eigenvalue weighted by Crippen LogP contribution is 2.33. The smallest absolute Gasteiger partial charge is 0.276 e. The van der Waals surface area contributed by atoms with Crippen molar-refractivity contribution in [3.8, 4) is 5.75 Å². The molecule has 2 aromatic rings. The van der Waals surface area contributed by atoms with Crippen molar-refractivity contribution in [3.05, 3.63) is 67.6 Å². The minimum atomic E-state index is -0.576. The molecule has 1 aliphatic rings. The summed E-state index contributed by atoms with van der Waals surface area (Å²) in [5.74, 6) is -0.555. The zero-order chi connectivity index (χ0) is 18.8. The lowest BCUT2D eigenvalue weighted by Crippen LogP contribution is -2.19. The topological polar surface area (TPSA) is 105 Å². The number of benzene rings is 2. The van der Waals surface area contributed by atoms with Gasteiger partial charge in [0.2, 0.25) is 0 Å². The molecule has 2 aromatic carbocycles. The predicted octanol–water partition coefficient (Wildman–Crippen LogP) is 4.15. The van der Waals surface area contributed by atoms with E-state index in [2.05, 4.69) is 10.3 Å². The fourth-order valence-electron chi connectivity index (χ4n) is 2.27. The van der Waals surface area contributed by atoms with E-state index in [1.165, 1.54) is 24.3 Å². The van der Waals surface area contributed by atoms with Crippen molar-refractivity contribution in [1.82, 2.24) is 5.32 Å². The molecule has 3 rings (SSSR count). The van der Waals surface area contributed by atoms with E-state index in [1.807, 2.05) is 6.92 Å². The Morgan fingerprint density at radius 2 is 2.12 bits per heavy atom. The number of nitro benzene ring substituents is 1. The predicted molar refractivity (Wildman–Crippen MR) is 102 cm³/mol. The van der Waals surface area contributed by atoms with Gasteiger partial charge in [-0.3, -0.25) is 14.9 Å². The number of phenolic OH excluding ortho intramolecular Hbond substituents is 1. The highest BCUT2D eigenvalue weighted by molar-refractivity contribution is 8.18. The second-order valence-corrected chi connectivity index (χ2v) is 6.80. The lowest BCUT2D eigenvalue weighted by Gasteiger charge is -2.02. The number of hydrogen-bond donors (Lipinski definition) is 2. The summed E-state index contributed by atoms with van der Waals surface area (Å²) in [6.07, 6.45) is 1.35. The number of amides is 1. The monoisotopic (exact) mass is 389 g/mol. The van der Waals surface area contributed by atoms with Gasteiger partial charge in [-0.05, 0) is 54.6 Å². The third-order valence-corrected chi connectivity index (χ3v) is 4.93. The number of hydrogen-bond acceptors (Lipinski definition) is 6. The van der Waals surface area contributed by atoms with Crippen molar-refractivity contribution in [2.75, 3.05) is 0 Å². The first kappa shape index (κ1) is 18.0. The molecule has 0 unspecified atom stereocenters. The van der Waals surface area contributed by atoms with E-state index in [0.717, 1.165) is 17.3 Å². The van der Waals surface area contributed by atoms with Crippen molar-refractivity contribution in [2.24, 2.45) is 4.99 Å². The number of amidine groups is 1. The maximum atomic E-state index is 12.2. The Balaban J connectivity index is 1.95. The van der Waals surface area contributed by atoms with Crippen LogP contribution >= 0.6 is 23.4 Å². The normalized spacial score (nSPS) is 16.9. The number of thioether (sulfide) groups is 1. The fraction of sp³-hybridized carbons (Fsp3) is 0.0588. The van der Waals surface area contributed by atoms with E-state index in [1.54, 1.807) is 18.2 Å². The van der Waals surface area contributed by atoms with Gasteiger partial charge in [0.1, 0.15) is 5.75 Å². The van der Waals surface area contributed by atoms with Gasteiger partial charge in [0.25, 0.3) is 11.6 Å². The molecule has 0 atom stereocenters. The van der Waals surface area contributed by atoms with Crippen molar-refractivity contribution in [1.29, 1.82) is 0 Å². The highest BCUT2D eigenvalue weighted by atomic mass is 35.5. The molecule has 0 bridgehead atoms. The van der Waals surface area contributed by atoms with Gasteiger partial charge in [-0.2, -0.15) is 0 Å². The van der Waals surface area contributed by atoms with E-state index in [4.69, 9.17) is 11.6 Å². The molecule has 0 aromatic heterocycles. The lowest BCUT2D eigenvalue weighted by atomic mass is 10.1. The molecule has 1 fully saturated rings. The average Bonchev–Trinajstić information content (AvgIpc) is 2.91. The lowest BCUT2D eigenvalue weighted by molar-refractivity contribution is -0.385. The number of carbonyl (C=O) groups is 1. The van der Waals surface area contributed by atoms with Crippen molar-refractivity contribution < 1.29 is 14.8 Å². The second kappa shape index (κ2) is 7.19.